The zero-order valence-electron chi connectivity index (χ0n) is 13.3. The normalized spacial score (nSPS) is 26.2. The maximum atomic E-state index is 6.05. The Labute approximate surface area is 163 Å². The Bertz CT molecular complexity index is 943. The zero-order valence-corrected chi connectivity index (χ0v) is 15.7. The number of nitrogens with zero attached hydrogens (tertiary/aromatic N) is 5. The summed E-state index contributed by atoms with van der Waals surface area (Å²) in [5.41, 5.74) is 9.36. The first-order chi connectivity index (χ1) is 12.5. The van der Waals surface area contributed by atoms with Gasteiger partial charge in [-0.25, -0.2) is 4.68 Å². The maximum absolute atomic E-state index is 6.05. The molecule has 1 aromatic carbocycles. The lowest BCUT2D eigenvalue weighted by Gasteiger charge is -2.27. The van der Waals surface area contributed by atoms with Gasteiger partial charge < -0.3 is 15.2 Å². The van der Waals surface area contributed by atoms with Gasteiger partial charge in [-0.15, -0.1) is 0 Å². The Hall–Kier alpha value is -1.92. The topological polar surface area (TPSA) is 105 Å². The van der Waals surface area contributed by atoms with Crippen LogP contribution in [0, 0.1) is 4.77 Å². The largest absolute Gasteiger partial charge is 0.375 e. The molecule has 2 aliphatic rings. The molecule has 9 nitrogen and oxygen atoms in total. The van der Waals surface area contributed by atoms with E-state index in [1.165, 1.54) is 0 Å². The summed E-state index contributed by atoms with van der Waals surface area (Å²) in [5, 5.41) is 13.2. The Morgan fingerprint density at radius 1 is 1.42 bits per heavy atom. The second kappa shape index (κ2) is 7.00. The van der Waals surface area contributed by atoms with Crippen molar-refractivity contribution < 1.29 is 9.47 Å². The third-order valence-corrected chi connectivity index (χ3v) is 4.80. The molecule has 26 heavy (non-hydrogen) atoms. The van der Waals surface area contributed by atoms with Gasteiger partial charge in [0.2, 0.25) is 4.77 Å². The Morgan fingerprint density at radius 3 is 3.04 bits per heavy atom. The van der Waals surface area contributed by atoms with Crippen LogP contribution in [0.5, 0.6) is 0 Å². The van der Waals surface area contributed by atoms with Crippen LogP contribution in [0.3, 0.4) is 0 Å². The van der Waals surface area contributed by atoms with Gasteiger partial charge in [-0.2, -0.15) is 9.78 Å². The number of hydrazone groups is 1. The van der Waals surface area contributed by atoms with E-state index in [1.54, 1.807) is 21.5 Å². The average molecular weight is 412 g/mol. The van der Waals surface area contributed by atoms with E-state index in [-0.39, 0.29) is 17.3 Å². The molecule has 12 heteroatoms. The highest BCUT2D eigenvalue weighted by Crippen LogP contribution is 2.33. The standard InChI is InChI=1S/C14H14ClN7O2S2/c15-7-2-1-3-8(4-7)21-14(26)22(20-19-21)10-5-9(17-18-13(16)25)12-23-6-11(10)24-12/h1-4,10-12H,5-6H2,(H3,16,18,25)/b17-9+/t10-,11+,12+/m1/s1. The second-order valence-corrected chi connectivity index (χ2v) is 7.03. The van der Waals surface area contributed by atoms with Crippen molar-refractivity contribution in [2.24, 2.45) is 10.8 Å². The summed E-state index contributed by atoms with van der Waals surface area (Å²) in [6, 6.07) is 7.01. The lowest BCUT2D eigenvalue weighted by Crippen LogP contribution is -2.39. The number of fused-ring (bicyclic) bond motifs is 2. The number of ether oxygens (including phenoxy) is 2. The van der Waals surface area contributed by atoms with Gasteiger partial charge in [0.05, 0.1) is 24.0 Å². The van der Waals surface area contributed by atoms with E-state index in [1.807, 2.05) is 12.1 Å². The van der Waals surface area contributed by atoms with Crippen molar-refractivity contribution in [2.75, 3.05) is 6.61 Å². The van der Waals surface area contributed by atoms with Crippen LogP contribution >= 0.6 is 36.0 Å². The molecule has 0 amide bonds. The molecule has 2 fully saturated rings. The molecule has 0 aliphatic carbocycles. The van der Waals surface area contributed by atoms with E-state index in [0.717, 1.165) is 5.69 Å². The fourth-order valence-electron chi connectivity index (χ4n) is 2.94. The molecule has 3 N–H and O–H groups in total. The molecule has 1 aromatic heterocycles. The summed E-state index contributed by atoms with van der Waals surface area (Å²) in [6.07, 6.45) is -0.191. The number of tetrazole rings is 1. The van der Waals surface area contributed by atoms with Crippen LogP contribution in [-0.4, -0.2) is 49.6 Å². The number of rotatable bonds is 3. The van der Waals surface area contributed by atoms with Crippen molar-refractivity contribution in [3.8, 4) is 5.69 Å². The fraction of sp³-hybridized carbons (Fsp3) is 0.357. The molecular weight excluding hydrogens is 398 g/mol. The molecule has 0 saturated carbocycles. The van der Waals surface area contributed by atoms with E-state index in [4.69, 9.17) is 51.2 Å². The van der Waals surface area contributed by atoms with Crippen molar-refractivity contribution >= 4 is 46.9 Å². The quantitative estimate of drug-likeness (QED) is 0.575. The molecular formula is C14H14ClN7O2S2. The number of nitrogens with two attached hydrogens (primary N) is 1. The van der Waals surface area contributed by atoms with Gasteiger partial charge in [0.1, 0.15) is 6.10 Å². The molecule has 0 radical (unpaired) electrons. The van der Waals surface area contributed by atoms with E-state index >= 15 is 0 Å². The van der Waals surface area contributed by atoms with Gasteiger partial charge in [-0.05, 0) is 53.1 Å². The minimum Gasteiger partial charge on any atom is -0.375 e. The van der Waals surface area contributed by atoms with Gasteiger partial charge in [0.15, 0.2) is 11.4 Å². The number of nitrogens with one attached hydrogen (secondary N) is 1. The number of hydrogen-bond donors (Lipinski definition) is 2. The van der Waals surface area contributed by atoms with Crippen molar-refractivity contribution in [1.82, 2.24) is 25.2 Å². The highest BCUT2D eigenvalue weighted by molar-refractivity contribution is 7.80. The maximum Gasteiger partial charge on any atom is 0.221 e. The molecule has 2 aliphatic heterocycles. The van der Waals surface area contributed by atoms with Crippen molar-refractivity contribution in [3.63, 3.8) is 0 Å². The van der Waals surface area contributed by atoms with Gasteiger partial charge in [0.25, 0.3) is 0 Å². The van der Waals surface area contributed by atoms with Crippen LogP contribution < -0.4 is 11.2 Å². The van der Waals surface area contributed by atoms with Crippen molar-refractivity contribution in [1.29, 1.82) is 0 Å². The Kier molecular flexibility index (Phi) is 4.71. The molecule has 4 rings (SSSR count). The van der Waals surface area contributed by atoms with Crippen LogP contribution in [0.4, 0.5) is 0 Å². The van der Waals surface area contributed by atoms with Crippen molar-refractivity contribution in [3.05, 3.63) is 34.1 Å². The number of halogens is 1. The summed E-state index contributed by atoms with van der Waals surface area (Å²) in [6.45, 7) is 0.410. The van der Waals surface area contributed by atoms with Crippen molar-refractivity contribution in [2.45, 2.75) is 24.9 Å². The number of benzene rings is 1. The molecule has 3 heterocycles. The lowest BCUT2D eigenvalue weighted by molar-refractivity contribution is -0.0324. The van der Waals surface area contributed by atoms with Gasteiger partial charge >= 0.3 is 0 Å². The highest BCUT2D eigenvalue weighted by atomic mass is 35.5. The molecule has 2 bridgehead atoms. The fourth-order valence-corrected chi connectivity index (χ4v) is 3.49. The van der Waals surface area contributed by atoms with E-state index in [0.29, 0.717) is 28.5 Å². The molecule has 0 spiro atoms. The first-order valence-corrected chi connectivity index (χ1v) is 8.92. The second-order valence-electron chi connectivity index (χ2n) is 5.79. The molecule has 3 atom stereocenters. The molecule has 0 unspecified atom stereocenters. The zero-order chi connectivity index (χ0) is 18.3. The number of aromatic nitrogens is 4. The monoisotopic (exact) mass is 411 g/mol. The van der Waals surface area contributed by atoms with E-state index < -0.39 is 6.29 Å². The summed E-state index contributed by atoms with van der Waals surface area (Å²) < 4.78 is 15.1. The summed E-state index contributed by atoms with van der Waals surface area (Å²) >= 11 is 16.4. The van der Waals surface area contributed by atoms with Crippen LogP contribution in [-0.2, 0) is 9.47 Å². The van der Waals surface area contributed by atoms with Crippen LogP contribution in [0.1, 0.15) is 12.5 Å². The highest BCUT2D eigenvalue weighted by Gasteiger charge is 2.44. The minimum atomic E-state index is -0.518. The minimum absolute atomic E-state index is 0.0673. The van der Waals surface area contributed by atoms with Gasteiger partial charge in [-0.3, -0.25) is 5.43 Å². The Balaban J connectivity index is 1.66. The van der Waals surface area contributed by atoms with Gasteiger partial charge in [0, 0.05) is 11.4 Å². The SMILES string of the molecule is NC(=S)N/N=C1\C[C@@H](n2nnn(-c3cccc(Cl)c3)c2=S)[C@@H]2CO[C@H]1O2. The third-order valence-electron chi connectivity index (χ3n) is 4.11. The predicted octanol–water partition coefficient (Wildman–Crippen LogP) is 1.33. The smallest absolute Gasteiger partial charge is 0.221 e. The number of hydrogen-bond acceptors (Lipinski definition) is 7. The van der Waals surface area contributed by atoms with Crippen LogP contribution in [0.15, 0.2) is 29.4 Å². The first-order valence-electron chi connectivity index (χ1n) is 7.72. The molecule has 2 aromatic rings. The summed E-state index contributed by atoms with van der Waals surface area (Å²) in [7, 11) is 0. The molecule has 136 valence electrons. The van der Waals surface area contributed by atoms with E-state index in [9.17, 15) is 0 Å². The van der Waals surface area contributed by atoms with Crippen LogP contribution in [0.2, 0.25) is 5.02 Å². The summed E-state index contributed by atoms with van der Waals surface area (Å²) in [5.74, 6) is 0. The molecule has 2 saturated heterocycles. The Morgan fingerprint density at radius 2 is 2.27 bits per heavy atom. The first kappa shape index (κ1) is 17.5. The lowest BCUT2D eigenvalue weighted by atomic mass is 10.0. The third kappa shape index (κ3) is 3.23. The summed E-state index contributed by atoms with van der Waals surface area (Å²) in [4.78, 5) is 0. The predicted molar refractivity (Wildman–Crippen MR) is 101 cm³/mol. The van der Waals surface area contributed by atoms with E-state index in [2.05, 4.69) is 21.0 Å². The van der Waals surface area contributed by atoms with Gasteiger partial charge in [-0.1, -0.05) is 17.7 Å². The average Bonchev–Trinajstić information content (AvgIpc) is 3.19. The number of thiocarbonyl (C=S) groups is 1. The van der Waals surface area contributed by atoms with Crippen LogP contribution in [0.25, 0.3) is 5.69 Å².